The summed E-state index contributed by atoms with van der Waals surface area (Å²) in [4.78, 5) is -0.271. The molecule has 0 radical (unpaired) electrons. The predicted octanol–water partition coefficient (Wildman–Crippen LogP) is 3.19. The van der Waals surface area contributed by atoms with Crippen LogP contribution in [0.4, 0.5) is 10.1 Å². The lowest BCUT2D eigenvalue weighted by molar-refractivity contribution is 0.278. The van der Waals surface area contributed by atoms with Crippen molar-refractivity contribution in [2.45, 2.75) is 18.4 Å². The van der Waals surface area contributed by atoms with Crippen molar-refractivity contribution in [3.8, 4) is 0 Å². The van der Waals surface area contributed by atoms with Crippen LogP contribution in [-0.2, 0) is 16.6 Å². The van der Waals surface area contributed by atoms with Crippen LogP contribution in [0, 0.1) is 12.7 Å². The zero-order valence-electron chi connectivity index (χ0n) is 11.1. The Morgan fingerprint density at radius 3 is 2.57 bits per heavy atom. The number of aryl methyl sites for hydroxylation is 1. The van der Waals surface area contributed by atoms with E-state index in [9.17, 15) is 17.9 Å². The third kappa shape index (κ3) is 3.61. The van der Waals surface area contributed by atoms with Crippen LogP contribution in [-0.4, -0.2) is 13.5 Å². The van der Waals surface area contributed by atoms with Crippen molar-refractivity contribution in [1.82, 2.24) is 0 Å². The Morgan fingerprint density at radius 1 is 1.24 bits per heavy atom. The minimum atomic E-state index is -3.98. The van der Waals surface area contributed by atoms with Crippen LogP contribution < -0.4 is 4.72 Å². The van der Waals surface area contributed by atoms with Crippen molar-refractivity contribution < 1.29 is 17.9 Å². The molecule has 0 saturated heterocycles. The molecule has 0 heterocycles. The zero-order valence-corrected chi connectivity index (χ0v) is 13.5. The average Bonchev–Trinajstić information content (AvgIpc) is 2.42. The number of anilines is 1. The molecule has 0 amide bonds. The van der Waals surface area contributed by atoms with Crippen molar-refractivity contribution in [2.24, 2.45) is 0 Å². The molecule has 4 nitrogen and oxygen atoms in total. The molecular formula is C14H13BrFNO3S. The number of hydrogen-bond donors (Lipinski definition) is 2. The summed E-state index contributed by atoms with van der Waals surface area (Å²) in [5.74, 6) is -0.680. The molecule has 2 N–H and O–H groups in total. The third-order valence-corrected chi connectivity index (χ3v) is 4.86. The van der Waals surface area contributed by atoms with Gasteiger partial charge in [0.1, 0.15) is 5.82 Å². The molecule has 0 spiro atoms. The highest BCUT2D eigenvalue weighted by molar-refractivity contribution is 9.10. The van der Waals surface area contributed by atoms with Crippen LogP contribution in [0.15, 0.2) is 45.8 Å². The number of halogens is 2. The maximum absolute atomic E-state index is 13.3. The van der Waals surface area contributed by atoms with Crippen LogP contribution in [0.2, 0.25) is 0 Å². The number of aliphatic hydroxyl groups is 1. The Hall–Kier alpha value is -1.44. The van der Waals surface area contributed by atoms with Crippen molar-refractivity contribution in [3.63, 3.8) is 0 Å². The SMILES string of the molecule is Cc1cc(Br)ccc1NS(=O)(=O)c1cc(F)ccc1CO. The van der Waals surface area contributed by atoms with Gasteiger partial charge in [0.2, 0.25) is 0 Å². The van der Waals surface area contributed by atoms with Gasteiger partial charge in [0.15, 0.2) is 0 Å². The van der Waals surface area contributed by atoms with Crippen LogP contribution in [0.3, 0.4) is 0 Å². The second-order valence-corrected chi connectivity index (χ2v) is 7.04. The van der Waals surface area contributed by atoms with E-state index < -0.39 is 22.4 Å². The molecule has 0 fully saturated rings. The summed E-state index contributed by atoms with van der Waals surface area (Å²) in [6, 6.07) is 8.31. The normalized spacial score (nSPS) is 11.4. The van der Waals surface area contributed by atoms with E-state index in [-0.39, 0.29) is 10.5 Å². The van der Waals surface area contributed by atoms with Crippen molar-refractivity contribution >= 4 is 31.6 Å². The Morgan fingerprint density at radius 2 is 1.95 bits per heavy atom. The monoisotopic (exact) mass is 373 g/mol. The zero-order chi connectivity index (χ0) is 15.6. The standard InChI is InChI=1S/C14H13BrFNO3S/c1-9-6-11(15)3-5-13(9)17-21(19,20)14-7-12(16)4-2-10(14)8-18/h2-7,17-18H,8H2,1H3. The quantitative estimate of drug-likeness (QED) is 0.864. The van der Waals surface area contributed by atoms with E-state index in [0.717, 1.165) is 22.2 Å². The molecular weight excluding hydrogens is 361 g/mol. The molecule has 2 aromatic carbocycles. The lowest BCUT2D eigenvalue weighted by Gasteiger charge is -2.13. The molecule has 2 aromatic rings. The van der Waals surface area contributed by atoms with E-state index in [1.165, 1.54) is 6.07 Å². The van der Waals surface area contributed by atoms with E-state index in [1.807, 2.05) is 0 Å². The Labute approximate surface area is 130 Å². The molecule has 0 bridgehead atoms. The number of aliphatic hydroxyl groups excluding tert-OH is 1. The van der Waals surface area contributed by atoms with Gasteiger partial charge in [0, 0.05) is 4.47 Å². The smallest absolute Gasteiger partial charge is 0.262 e. The molecule has 112 valence electrons. The lowest BCUT2D eigenvalue weighted by atomic mass is 10.2. The van der Waals surface area contributed by atoms with Crippen molar-refractivity contribution in [1.29, 1.82) is 0 Å². The van der Waals surface area contributed by atoms with Gasteiger partial charge in [-0.15, -0.1) is 0 Å². The summed E-state index contributed by atoms with van der Waals surface area (Å²) in [6.07, 6.45) is 0. The Kier molecular flexibility index (Phi) is 4.65. The minimum absolute atomic E-state index is 0.138. The lowest BCUT2D eigenvalue weighted by Crippen LogP contribution is -2.16. The van der Waals surface area contributed by atoms with Gasteiger partial charge in [0.25, 0.3) is 10.0 Å². The first-order valence-corrected chi connectivity index (χ1v) is 8.29. The fourth-order valence-corrected chi connectivity index (χ4v) is 3.70. The maximum Gasteiger partial charge on any atom is 0.262 e. The largest absolute Gasteiger partial charge is 0.392 e. The Bertz CT molecular complexity index is 778. The van der Waals surface area contributed by atoms with Gasteiger partial charge >= 0.3 is 0 Å². The van der Waals surface area contributed by atoms with Gasteiger partial charge in [-0.3, -0.25) is 4.72 Å². The minimum Gasteiger partial charge on any atom is -0.392 e. The molecule has 21 heavy (non-hydrogen) atoms. The van der Waals surface area contributed by atoms with Crippen LogP contribution in [0.1, 0.15) is 11.1 Å². The second-order valence-electron chi connectivity index (χ2n) is 4.47. The number of sulfonamides is 1. The molecule has 2 rings (SSSR count). The molecule has 0 atom stereocenters. The van der Waals surface area contributed by atoms with Crippen molar-refractivity contribution in [3.05, 3.63) is 57.8 Å². The van der Waals surface area contributed by atoms with Gasteiger partial charge in [-0.25, -0.2) is 12.8 Å². The summed E-state index contributed by atoms with van der Waals surface area (Å²) in [7, 11) is -3.98. The summed E-state index contributed by atoms with van der Waals surface area (Å²) >= 11 is 3.29. The molecule has 0 unspecified atom stereocenters. The molecule has 0 aliphatic rings. The van der Waals surface area contributed by atoms with Crippen molar-refractivity contribution in [2.75, 3.05) is 4.72 Å². The number of rotatable bonds is 4. The highest BCUT2D eigenvalue weighted by Gasteiger charge is 2.20. The fourth-order valence-electron chi connectivity index (χ4n) is 1.85. The topological polar surface area (TPSA) is 66.4 Å². The van der Waals surface area contributed by atoms with Crippen LogP contribution in [0.25, 0.3) is 0 Å². The predicted molar refractivity (Wildman–Crippen MR) is 82.0 cm³/mol. The molecule has 0 aromatic heterocycles. The van der Waals surface area contributed by atoms with E-state index >= 15 is 0 Å². The van der Waals surface area contributed by atoms with Gasteiger partial charge in [0.05, 0.1) is 17.2 Å². The molecule has 0 aliphatic heterocycles. The summed E-state index contributed by atoms with van der Waals surface area (Å²) < 4.78 is 41.3. The molecule has 7 heteroatoms. The highest BCUT2D eigenvalue weighted by Crippen LogP contribution is 2.25. The first-order chi connectivity index (χ1) is 9.83. The van der Waals surface area contributed by atoms with Crippen LogP contribution in [0.5, 0.6) is 0 Å². The summed E-state index contributed by atoms with van der Waals surface area (Å²) in [5, 5.41) is 9.21. The Balaban J connectivity index is 2.45. The molecule has 0 aliphatic carbocycles. The number of nitrogens with one attached hydrogen (secondary N) is 1. The fraction of sp³-hybridized carbons (Fsp3) is 0.143. The molecule has 0 saturated carbocycles. The van der Waals surface area contributed by atoms with E-state index in [0.29, 0.717) is 5.69 Å². The average molecular weight is 374 g/mol. The number of hydrogen-bond acceptors (Lipinski definition) is 3. The van der Waals surface area contributed by atoms with E-state index in [4.69, 9.17) is 0 Å². The second kappa shape index (κ2) is 6.13. The first kappa shape index (κ1) is 15.9. The first-order valence-electron chi connectivity index (χ1n) is 6.02. The highest BCUT2D eigenvalue weighted by atomic mass is 79.9. The van der Waals surface area contributed by atoms with Gasteiger partial charge in [-0.2, -0.15) is 0 Å². The van der Waals surface area contributed by atoms with Gasteiger partial charge < -0.3 is 5.11 Å². The van der Waals surface area contributed by atoms with E-state index in [2.05, 4.69) is 20.7 Å². The number of benzene rings is 2. The van der Waals surface area contributed by atoms with Crippen LogP contribution >= 0.6 is 15.9 Å². The van der Waals surface area contributed by atoms with Gasteiger partial charge in [-0.1, -0.05) is 22.0 Å². The maximum atomic E-state index is 13.3. The van der Waals surface area contributed by atoms with E-state index in [1.54, 1.807) is 25.1 Å². The summed E-state index contributed by atoms with van der Waals surface area (Å²) in [6.45, 7) is 1.26. The third-order valence-electron chi connectivity index (χ3n) is 2.92. The van der Waals surface area contributed by atoms with Gasteiger partial charge in [-0.05, 0) is 48.4 Å². The summed E-state index contributed by atoms with van der Waals surface area (Å²) in [5.41, 5.74) is 1.25.